The van der Waals surface area contributed by atoms with Gasteiger partial charge >= 0.3 is 0 Å². The number of benzene rings is 1. The number of rotatable bonds is 2. The Morgan fingerprint density at radius 3 is 2.62 bits per heavy atom. The van der Waals surface area contributed by atoms with Crippen molar-refractivity contribution >= 4 is 5.90 Å². The summed E-state index contributed by atoms with van der Waals surface area (Å²) in [5, 5.41) is 12.2. The Bertz CT molecular complexity index is 396. The highest BCUT2D eigenvalue weighted by molar-refractivity contribution is 5.94. The topological polar surface area (TPSA) is 41.8 Å². The summed E-state index contributed by atoms with van der Waals surface area (Å²) in [7, 11) is 0. The van der Waals surface area contributed by atoms with E-state index in [1.54, 1.807) is 0 Å². The fourth-order valence-electron chi connectivity index (χ4n) is 1.74. The van der Waals surface area contributed by atoms with Crippen molar-refractivity contribution in [2.24, 2.45) is 5.16 Å². The van der Waals surface area contributed by atoms with Crippen LogP contribution in [-0.2, 0) is 4.74 Å². The zero-order chi connectivity index (χ0) is 11.2. The van der Waals surface area contributed by atoms with Gasteiger partial charge < -0.3 is 9.94 Å². The highest BCUT2D eigenvalue weighted by Crippen LogP contribution is 2.19. The van der Waals surface area contributed by atoms with Gasteiger partial charge in [0, 0.05) is 12.0 Å². The van der Waals surface area contributed by atoms with Crippen molar-refractivity contribution in [2.45, 2.75) is 25.7 Å². The molecule has 1 aliphatic carbocycles. The Labute approximate surface area is 95.0 Å². The number of oxime groups is 1. The van der Waals surface area contributed by atoms with E-state index in [1.807, 2.05) is 30.3 Å². The molecule has 0 unspecified atom stereocenters. The predicted molar refractivity (Wildman–Crippen MR) is 62.4 cm³/mol. The lowest BCUT2D eigenvalue weighted by atomic mass is 10.1. The van der Waals surface area contributed by atoms with Gasteiger partial charge in [0.05, 0.1) is 0 Å². The highest BCUT2D eigenvalue weighted by Gasteiger charge is 2.10. The zero-order valence-corrected chi connectivity index (χ0v) is 9.10. The molecule has 3 heteroatoms. The molecule has 0 atom stereocenters. The number of allylic oxidation sites excluding steroid dienone is 2. The van der Waals surface area contributed by atoms with E-state index in [2.05, 4.69) is 11.2 Å². The monoisotopic (exact) mass is 217 g/mol. The molecule has 2 rings (SSSR count). The Balaban J connectivity index is 2.10. The van der Waals surface area contributed by atoms with Gasteiger partial charge in [-0.3, -0.25) is 0 Å². The molecular weight excluding hydrogens is 202 g/mol. The quantitative estimate of drug-likeness (QED) is 0.357. The van der Waals surface area contributed by atoms with Gasteiger partial charge in [0.25, 0.3) is 5.90 Å². The number of hydrogen-bond donors (Lipinski definition) is 1. The summed E-state index contributed by atoms with van der Waals surface area (Å²) < 4.78 is 5.59. The van der Waals surface area contributed by atoms with Gasteiger partial charge in [-0.15, -0.1) is 0 Å². The van der Waals surface area contributed by atoms with Crippen LogP contribution in [0.2, 0.25) is 0 Å². The molecule has 0 fully saturated rings. The highest BCUT2D eigenvalue weighted by atomic mass is 16.5. The van der Waals surface area contributed by atoms with Crippen molar-refractivity contribution in [3.05, 3.63) is 47.7 Å². The van der Waals surface area contributed by atoms with Crippen LogP contribution in [0.1, 0.15) is 31.2 Å². The Morgan fingerprint density at radius 2 is 2.00 bits per heavy atom. The van der Waals surface area contributed by atoms with Gasteiger partial charge in [-0.2, -0.15) is 0 Å². The maximum atomic E-state index is 8.95. The first kappa shape index (κ1) is 10.7. The molecule has 1 aromatic carbocycles. The minimum Gasteiger partial charge on any atom is -0.441 e. The summed E-state index contributed by atoms with van der Waals surface area (Å²) in [6.07, 6.45) is 6.38. The lowest BCUT2D eigenvalue weighted by Gasteiger charge is -2.14. The molecule has 1 aromatic rings. The third kappa shape index (κ3) is 2.63. The first-order valence-electron chi connectivity index (χ1n) is 5.54. The first-order chi connectivity index (χ1) is 7.90. The SMILES string of the molecule is ON=C(OC1=CCCCC1)c1ccccc1. The lowest BCUT2D eigenvalue weighted by Crippen LogP contribution is -2.08. The molecule has 0 bridgehead atoms. The normalized spacial score (nSPS) is 16.8. The average molecular weight is 217 g/mol. The summed E-state index contributed by atoms with van der Waals surface area (Å²) in [5.41, 5.74) is 0.788. The Kier molecular flexibility index (Phi) is 3.59. The van der Waals surface area contributed by atoms with Crippen LogP contribution in [0.4, 0.5) is 0 Å². The summed E-state index contributed by atoms with van der Waals surface area (Å²) in [6.45, 7) is 0. The Hall–Kier alpha value is -1.77. The largest absolute Gasteiger partial charge is 0.441 e. The van der Waals surface area contributed by atoms with E-state index in [0.717, 1.165) is 30.6 Å². The van der Waals surface area contributed by atoms with E-state index in [4.69, 9.17) is 9.94 Å². The summed E-state index contributed by atoms with van der Waals surface area (Å²) in [5.74, 6) is 1.18. The molecule has 0 saturated heterocycles. The molecule has 0 amide bonds. The molecular formula is C13H15NO2. The first-order valence-corrected chi connectivity index (χ1v) is 5.54. The molecule has 0 radical (unpaired) electrons. The molecule has 1 N–H and O–H groups in total. The van der Waals surface area contributed by atoms with Gasteiger partial charge in [-0.25, -0.2) is 0 Å². The Morgan fingerprint density at radius 1 is 1.19 bits per heavy atom. The molecule has 3 nitrogen and oxygen atoms in total. The van der Waals surface area contributed by atoms with Crippen LogP contribution in [0.3, 0.4) is 0 Å². The van der Waals surface area contributed by atoms with Gasteiger partial charge in [0.2, 0.25) is 0 Å². The lowest BCUT2D eigenvalue weighted by molar-refractivity contribution is 0.284. The molecule has 84 valence electrons. The van der Waals surface area contributed by atoms with E-state index in [9.17, 15) is 0 Å². The van der Waals surface area contributed by atoms with E-state index in [-0.39, 0.29) is 5.90 Å². The van der Waals surface area contributed by atoms with E-state index < -0.39 is 0 Å². The molecule has 0 heterocycles. The van der Waals surface area contributed by atoms with Crippen LogP contribution in [0.5, 0.6) is 0 Å². The van der Waals surface area contributed by atoms with Gasteiger partial charge in [0.15, 0.2) is 0 Å². The average Bonchev–Trinajstić information content (AvgIpc) is 2.38. The van der Waals surface area contributed by atoms with Crippen LogP contribution >= 0.6 is 0 Å². The van der Waals surface area contributed by atoms with Gasteiger partial charge in [-0.1, -0.05) is 18.2 Å². The summed E-state index contributed by atoms with van der Waals surface area (Å²) >= 11 is 0. The molecule has 0 aliphatic heterocycles. The summed E-state index contributed by atoms with van der Waals surface area (Å²) in [4.78, 5) is 0. The minimum absolute atomic E-state index is 0.272. The maximum absolute atomic E-state index is 8.95. The second-order valence-corrected chi connectivity index (χ2v) is 3.79. The third-order valence-corrected chi connectivity index (χ3v) is 2.59. The van der Waals surface area contributed by atoms with Crippen LogP contribution < -0.4 is 0 Å². The molecule has 0 aromatic heterocycles. The van der Waals surface area contributed by atoms with Crippen molar-refractivity contribution in [2.75, 3.05) is 0 Å². The summed E-state index contributed by atoms with van der Waals surface area (Å²) in [6, 6.07) is 9.41. The standard InChI is InChI=1S/C13H15NO2/c15-14-13(11-7-3-1-4-8-11)16-12-9-5-2-6-10-12/h1,3-4,7-9,15H,2,5-6,10H2. The van der Waals surface area contributed by atoms with Crippen molar-refractivity contribution in [3.63, 3.8) is 0 Å². The van der Waals surface area contributed by atoms with E-state index in [1.165, 1.54) is 6.42 Å². The second kappa shape index (κ2) is 5.35. The van der Waals surface area contributed by atoms with E-state index in [0.29, 0.717) is 0 Å². The molecule has 16 heavy (non-hydrogen) atoms. The van der Waals surface area contributed by atoms with Crippen LogP contribution in [-0.4, -0.2) is 11.1 Å². The zero-order valence-electron chi connectivity index (χ0n) is 9.10. The van der Waals surface area contributed by atoms with Crippen molar-refractivity contribution in [1.29, 1.82) is 0 Å². The molecule has 0 spiro atoms. The molecule has 0 saturated carbocycles. The second-order valence-electron chi connectivity index (χ2n) is 3.79. The maximum Gasteiger partial charge on any atom is 0.262 e. The van der Waals surface area contributed by atoms with Crippen molar-refractivity contribution in [1.82, 2.24) is 0 Å². The molecule has 1 aliphatic rings. The fraction of sp³-hybridized carbons (Fsp3) is 0.308. The van der Waals surface area contributed by atoms with Crippen LogP contribution in [0.15, 0.2) is 47.3 Å². The van der Waals surface area contributed by atoms with Crippen LogP contribution in [0, 0.1) is 0 Å². The smallest absolute Gasteiger partial charge is 0.262 e. The third-order valence-electron chi connectivity index (χ3n) is 2.59. The van der Waals surface area contributed by atoms with Crippen molar-refractivity contribution in [3.8, 4) is 0 Å². The number of ether oxygens (including phenoxy) is 1. The van der Waals surface area contributed by atoms with Crippen molar-refractivity contribution < 1.29 is 9.94 Å². The van der Waals surface area contributed by atoms with Gasteiger partial charge in [-0.05, 0) is 42.6 Å². The minimum atomic E-state index is 0.272. The van der Waals surface area contributed by atoms with Crippen LogP contribution in [0.25, 0.3) is 0 Å². The van der Waals surface area contributed by atoms with E-state index >= 15 is 0 Å². The van der Waals surface area contributed by atoms with Gasteiger partial charge in [0.1, 0.15) is 5.76 Å². The fourth-order valence-corrected chi connectivity index (χ4v) is 1.74. The predicted octanol–water partition coefficient (Wildman–Crippen LogP) is 3.30. The number of nitrogens with zero attached hydrogens (tertiary/aromatic N) is 1. The number of hydrogen-bond acceptors (Lipinski definition) is 3.